The maximum Gasteiger partial charge on any atom is 0.417 e. The van der Waals surface area contributed by atoms with Crippen molar-refractivity contribution < 1.29 is 18.0 Å². The number of carbonyl (C=O) groups excluding carboxylic acids is 1. The van der Waals surface area contributed by atoms with Crippen LogP contribution in [0.4, 0.5) is 19.0 Å². The van der Waals surface area contributed by atoms with E-state index in [4.69, 9.17) is 34.8 Å². The summed E-state index contributed by atoms with van der Waals surface area (Å²) < 4.78 is 38.4. The van der Waals surface area contributed by atoms with Gasteiger partial charge in [0, 0.05) is 32.4 Å². The first kappa shape index (κ1) is 21.0. The zero-order chi connectivity index (χ0) is 20.5. The van der Waals surface area contributed by atoms with E-state index in [2.05, 4.69) is 4.98 Å². The molecule has 10 heteroatoms. The maximum absolute atomic E-state index is 12.8. The largest absolute Gasteiger partial charge is 0.417 e. The van der Waals surface area contributed by atoms with E-state index in [1.165, 1.54) is 0 Å². The van der Waals surface area contributed by atoms with Crippen molar-refractivity contribution in [2.24, 2.45) is 0 Å². The molecular weight excluding hydrogens is 438 g/mol. The molecule has 4 nitrogen and oxygen atoms in total. The Hall–Kier alpha value is -1.70. The van der Waals surface area contributed by atoms with Crippen molar-refractivity contribution in [3.8, 4) is 0 Å². The van der Waals surface area contributed by atoms with Crippen molar-refractivity contribution in [1.29, 1.82) is 0 Å². The van der Waals surface area contributed by atoms with Gasteiger partial charge in [0.2, 0.25) is 0 Å². The van der Waals surface area contributed by atoms with Crippen molar-refractivity contribution in [2.45, 2.75) is 12.6 Å². The van der Waals surface area contributed by atoms with Gasteiger partial charge in [-0.15, -0.1) is 0 Å². The summed E-state index contributed by atoms with van der Waals surface area (Å²) in [5.41, 5.74) is -0.586. The molecule has 3 rings (SSSR count). The molecule has 0 aliphatic carbocycles. The Labute approximate surface area is 174 Å². The van der Waals surface area contributed by atoms with Crippen LogP contribution in [0.1, 0.15) is 22.3 Å². The van der Waals surface area contributed by atoms with Crippen LogP contribution in [0, 0.1) is 0 Å². The number of anilines is 1. The van der Waals surface area contributed by atoms with Crippen LogP contribution < -0.4 is 4.90 Å². The molecule has 0 N–H and O–H groups in total. The minimum atomic E-state index is -4.51. The molecule has 150 valence electrons. The van der Waals surface area contributed by atoms with Crippen LogP contribution >= 0.6 is 34.8 Å². The van der Waals surface area contributed by atoms with E-state index in [-0.39, 0.29) is 21.8 Å². The summed E-state index contributed by atoms with van der Waals surface area (Å²) in [6, 6.07) is 5.72. The van der Waals surface area contributed by atoms with Gasteiger partial charge >= 0.3 is 6.18 Å². The van der Waals surface area contributed by atoms with Crippen LogP contribution in [-0.2, 0) is 6.18 Å². The second-order valence-corrected chi connectivity index (χ2v) is 7.45. The Morgan fingerprint density at radius 2 is 1.79 bits per heavy atom. The molecule has 0 atom stereocenters. The van der Waals surface area contributed by atoms with Gasteiger partial charge in [0.15, 0.2) is 0 Å². The third kappa shape index (κ3) is 4.47. The quantitative estimate of drug-likeness (QED) is 0.611. The van der Waals surface area contributed by atoms with Gasteiger partial charge in [0.1, 0.15) is 5.82 Å². The molecule has 1 aromatic heterocycles. The zero-order valence-corrected chi connectivity index (χ0v) is 16.7. The molecule has 0 unspecified atom stereocenters. The average Bonchev–Trinajstić information content (AvgIpc) is 2.89. The smallest absolute Gasteiger partial charge is 0.354 e. The van der Waals surface area contributed by atoms with E-state index in [0.29, 0.717) is 43.2 Å². The summed E-state index contributed by atoms with van der Waals surface area (Å²) >= 11 is 18.2. The second kappa shape index (κ2) is 8.35. The summed E-state index contributed by atoms with van der Waals surface area (Å²) in [5.74, 6) is 0.0191. The van der Waals surface area contributed by atoms with Crippen LogP contribution in [0.3, 0.4) is 0 Å². The van der Waals surface area contributed by atoms with Crippen LogP contribution in [0.25, 0.3) is 0 Å². The highest BCUT2D eigenvalue weighted by Crippen LogP contribution is 2.34. The lowest BCUT2D eigenvalue weighted by Crippen LogP contribution is -2.35. The molecule has 0 spiro atoms. The minimum Gasteiger partial charge on any atom is -0.354 e. The fourth-order valence-electron chi connectivity index (χ4n) is 2.99. The Kier molecular flexibility index (Phi) is 6.27. The predicted molar refractivity (Wildman–Crippen MR) is 103 cm³/mol. The van der Waals surface area contributed by atoms with E-state index in [1.54, 1.807) is 28.0 Å². The first-order valence-corrected chi connectivity index (χ1v) is 9.53. The Morgan fingerprint density at radius 1 is 1.04 bits per heavy atom. The van der Waals surface area contributed by atoms with Crippen molar-refractivity contribution in [2.75, 3.05) is 31.1 Å². The number of rotatable bonds is 2. The van der Waals surface area contributed by atoms with Gasteiger partial charge in [-0.25, -0.2) is 4.98 Å². The molecule has 2 aromatic rings. The van der Waals surface area contributed by atoms with Crippen molar-refractivity contribution >= 4 is 46.5 Å². The number of amides is 1. The Bertz CT molecular complexity index is 892. The third-order valence-corrected chi connectivity index (χ3v) is 5.51. The van der Waals surface area contributed by atoms with Gasteiger partial charge in [-0.1, -0.05) is 40.9 Å². The summed E-state index contributed by atoms with van der Waals surface area (Å²) in [6.07, 6.45) is -3.14. The number of aromatic nitrogens is 1. The van der Waals surface area contributed by atoms with Gasteiger partial charge in [-0.2, -0.15) is 13.2 Å². The molecule has 0 radical (unpaired) electrons. The molecular formula is C18H15Cl3F3N3O. The highest BCUT2D eigenvalue weighted by atomic mass is 35.5. The SMILES string of the molecule is O=C(c1cccc(Cl)c1Cl)N1CCCN(c2ncc(C(F)(F)F)cc2Cl)CC1. The lowest BCUT2D eigenvalue weighted by Gasteiger charge is -2.24. The van der Waals surface area contributed by atoms with Crippen LogP contribution in [-0.4, -0.2) is 42.0 Å². The van der Waals surface area contributed by atoms with Crippen LogP contribution in [0.15, 0.2) is 30.5 Å². The maximum atomic E-state index is 12.8. The van der Waals surface area contributed by atoms with Gasteiger partial charge in [-0.3, -0.25) is 4.79 Å². The molecule has 1 aromatic carbocycles. The fourth-order valence-corrected chi connectivity index (χ4v) is 3.66. The number of carbonyl (C=O) groups is 1. The number of hydrogen-bond donors (Lipinski definition) is 0. The number of nitrogens with zero attached hydrogens (tertiary/aromatic N) is 3. The minimum absolute atomic E-state index is 0.0764. The molecule has 28 heavy (non-hydrogen) atoms. The van der Waals surface area contributed by atoms with Gasteiger partial charge in [-0.05, 0) is 24.6 Å². The number of halogens is 6. The fraction of sp³-hybridized carbons (Fsp3) is 0.333. The lowest BCUT2D eigenvalue weighted by atomic mass is 10.2. The highest BCUT2D eigenvalue weighted by molar-refractivity contribution is 6.43. The molecule has 0 saturated carbocycles. The Morgan fingerprint density at radius 3 is 2.46 bits per heavy atom. The first-order chi connectivity index (χ1) is 13.2. The summed E-state index contributed by atoms with van der Waals surface area (Å²) in [4.78, 5) is 20.1. The zero-order valence-electron chi connectivity index (χ0n) is 14.4. The van der Waals surface area contributed by atoms with E-state index < -0.39 is 11.7 Å². The predicted octanol–water partition coefficient (Wildman–Crippen LogP) is 5.41. The second-order valence-electron chi connectivity index (χ2n) is 6.26. The van der Waals surface area contributed by atoms with E-state index in [0.717, 1.165) is 12.3 Å². The molecule has 1 saturated heterocycles. The van der Waals surface area contributed by atoms with Crippen molar-refractivity contribution in [3.63, 3.8) is 0 Å². The monoisotopic (exact) mass is 451 g/mol. The molecule has 0 bridgehead atoms. The van der Waals surface area contributed by atoms with Gasteiger partial charge in [0.05, 0.1) is 26.2 Å². The summed E-state index contributed by atoms with van der Waals surface area (Å²) in [6.45, 7) is 1.70. The molecule has 1 aliphatic rings. The summed E-state index contributed by atoms with van der Waals surface area (Å²) in [7, 11) is 0. The first-order valence-electron chi connectivity index (χ1n) is 8.39. The molecule has 1 aliphatic heterocycles. The number of hydrogen-bond acceptors (Lipinski definition) is 3. The standard InChI is InChI=1S/C18H15Cl3F3N3O/c19-13-4-1-3-12(15(13)21)17(28)27-6-2-5-26(7-8-27)16-14(20)9-11(10-25-16)18(22,23)24/h1,3-4,9-10H,2,5-8H2. The van der Waals surface area contributed by atoms with E-state index in [9.17, 15) is 18.0 Å². The number of alkyl halides is 3. The Balaban J connectivity index is 1.75. The van der Waals surface area contributed by atoms with E-state index >= 15 is 0 Å². The number of benzene rings is 1. The highest BCUT2D eigenvalue weighted by Gasteiger charge is 2.32. The van der Waals surface area contributed by atoms with Crippen molar-refractivity contribution in [3.05, 3.63) is 56.7 Å². The molecule has 1 fully saturated rings. The molecule has 2 heterocycles. The number of pyridine rings is 1. The van der Waals surface area contributed by atoms with Crippen LogP contribution in [0.2, 0.25) is 15.1 Å². The lowest BCUT2D eigenvalue weighted by molar-refractivity contribution is -0.137. The van der Waals surface area contributed by atoms with Gasteiger partial charge < -0.3 is 9.80 Å². The third-order valence-electron chi connectivity index (χ3n) is 4.41. The summed E-state index contributed by atoms with van der Waals surface area (Å²) in [5, 5.41) is 0.417. The van der Waals surface area contributed by atoms with Crippen molar-refractivity contribution in [1.82, 2.24) is 9.88 Å². The van der Waals surface area contributed by atoms with Crippen LogP contribution in [0.5, 0.6) is 0 Å². The molecule has 1 amide bonds. The average molecular weight is 453 g/mol. The topological polar surface area (TPSA) is 36.4 Å². The van der Waals surface area contributed by atoms with E-state index in [1.807, 2.05) is 0 Å². The van der Waals surface area contributed by atoms with Gasteiger partial charge in [0.25, 0.3) is 5.91 Å². The normalized spacial score (nSPS) is 15.5.